The molecule has 1 spiro atoms. The summed E-state index contributed by atoms with van der Waals surface area (Å²) in [7, 11) is 0. The van der Waals surface area contributed by atoms with Crippen molar-refractivity contribution in [2.24, 2.45) is 5.16 Å². The Bertz CT molecular complexity index is 872. The second-order valence-electron chi connectivity index (χ2n) is 8.75. The van der Waals surface area contributed by atoms with Gasteiger partial charge in [0.05, 0.1) is 18.8 Å². The highest BCUT2D eigenvalue weighted by molar-refractivity contribution is 6.44. The fourth-order valence-electron chi connectivity index (χ4n) is 4.86. The highest BCUT2D eigenvalue weighted by atomic mass is 16.7. The zero-order valence-corrected chi connectivity index (χ0v) is 19.0. The van der Waals surface area contributed by atoms with E-state index in [1.807, 2.05) is 4.90 Å². The minimum absolute atomic E-state index is 0.0389. The van der Waals surface area contributed by atoms with E-state index in [2.05, 4.69) is 15.4 Å². The minimum Gasteiger partial charge on any atom is -0.463 e. The van der Waals surface area contributed by atoms with Crippen LogP contribution in [0.4, 0.5) is 4.79 Å². The van der Waals surface area contributed by atoms with E-state index in [0.29, 0.717) is 38.2 Å². The van der Waals surface area contributed by atoms with Crippen LogP contribution in [0, 0.1) is 0 Å². The zero-order chi connectivity index (χ0) is 23.3. The smallest absolute Gasteiger partial charge is 0.410 e. The molecule has 1 aromatic heterocycles. The maximum atomic E-state index is 13.2. The van der Waals surface area contributed by atoms with Gasteiger partial charge in [-0.3, -0.25) is 9.89 Å². The van der Waals surface area contributed by atoms with E-state index in [1.54, 1.807) is 17.9 Å². The molecule has 11 nitrogen and oxygen atoms in total. The molecule has 33 heavy (non-hydrogen) atoms. The molecule has 0 aromatic carbocycles. The molecular formula is C22H31N5O6. The van der Waals surface area contributed by atoms with Crippen molar-refractivity contribution in [3.8, 4) is 0 Å². The first-order valence-electron chi connectivity index (χ1n) is 11.7. The van der Waals surface area contributed by atoms with Gasteiger partial charge in [-0.2, -0.15) is 5.10 Å². The molecule has 1 aliphatic carbocycles. The molecule has 2 amide bonds. The molecule has 4 rings (SSSR count). The van der Waals surface area contributed by atoms with Gasteiger partial charge >= 0.3 is 12.1 Å². The van der Waals surface area contributed by atoms with Crippen LogP contribution < -0.4 is 0 Å². The lowest BCUT2D eigenvalue weighted by Crippen LogP contribution is -2.49. The Morgan fingerprint density at radius 2 is 2.03 bits per heavy atom. The quantitative estimate of drug-likeness (QED) is 0.373. The van der Waals surface area contributed by atoms with Gasteiger partial charge in [0.1, 0.15) is 5.60 Å². The number of nitrogens with zero attached hydrogens (tertiary/aromatic N) is 4. The van der Waals surface area contributed by atoms with Crippen LogP contribution in [0.5, 0.6) is 0 Å². The fourth-order valence-corrected chi connectivity index (χ4v) is 4.86. The summed E-state index contributed by atoms with van der Waals surface area (Å²) < 4.78 is 10.6. The maximum Gasteiger partial charge on any atom is 0.410 e. The lowest BCUT2D eigenvalue weighted by molar-refractivity contribution is -0.148. The lowest BCUT2D eigenvalue weighted by Gasteiger charge is -2.36. The number of nitrogens with one attached hydrogen (secondary N) is 1. The molecule has 3 fully saturated rings. The van der Waals surface area contributed by atoms with E-state index in [0.717, 1.165) is 25.7 Å². The number of carbonyl (C=O) groups is 3. The van der Waals surface area contributed by atoms with E-state index < -0.39 is 5.97 Å². The number of hydrogen-bond acceptors (Lipinski definition) is 8. The van der Waals surface area contributed by atoms with Crippen molar-refractivity contribution in [2.45, 2.75) is 63.5 Å². The molecule has 3 heterocycles. The number of aromatic nitrogens is 2. The predicted octanol–water partition coefficient (Wildman–Crippen LogP) is 1.84. The average molecular weight is 462 g/mol. The number of carbonyl (C=O) groups excluding carboxylic acids is 3. The molecule has 2 saturated heterocycles. The van der Waals surface area contributed by atoms with Crippen LogP contribution >= 0.6 is 0 Å². The van der Waals surface area contributed by atoms with Crippen molar-refractivity contribution >= 4 is 23.7 Å². The second kappa shape index (κ2) is 10.2. The van der Waals surface area contributed by atoms with E-state index >= 15 is 0 Å². The third kappa shape index (κ3) is 5.28. The van der Waals surface area contributed by atoms with Crippen molar-refractivity contribution in [1.82, 2.24) is 20.0 Å². The molecule has 0 unspecified atom stereocenters. The molecule has 11 heteroatoms. The summed E-state index contributed by atoms with van der Waals surface area (Å²) in [4.78, 5) is 45.9. The normalized spacial score (nSPS) is 21.2. The maximum absolute atomic E-state index is 13.2. The molecule has 3 aliphatic rings. The molecule has 2 aliphatic heterocycles. The van der Waals surface area contributed by atoms with Crippen molar-refractivity contribution in [2.75, 3.05) is 32.8 Å². The number of H-pyrrole nitrogens is 1. The number of ether oxygens (including phenoxy) is 2. The number of rotatable bonds is 7. The SMILES string of the molecule is CCOC(=O)CO/N=C(/C(=O)N1CCC(N2CC3(CCCCC3)OC2=O)CC1)c1ccn[nH]1. The molecule has 1 N–H and O–H groups in total. The van der Waals surface area contributed by atoms with Gasteiger partial charge in [0.2, 0.25) is 6.61 Å². The average Bonchev–Trinajstić information content (AvgIpc) is 3.45. The third-order valence-corrected chi connectivity index (χ3v) is 6.56. The van der Waals surface area contributed by atoms with Crippen LogP contribution in [0.2, 0.25) is 0 Å². The van der Waals surface area contributed by atoms with Crippen LogP contribution in [0.1, 0.15) is 57.6 Å². The number of hydrogen-bond donors (Lipinski definition) is 1. The first kappa shape index (κ1) is 23.1. The molecule has 180 valence electrons. The summed E-state index contributed by atoms with van der Waals surface area (Å²) in [6.45, 7) is 3.14. The van der Waals surface area contributed by atoms with E-state index in [4.69, 9.17) is 14.3 Å². The Balaban J connectivity index is 1.36. The molecule has 0 bridgehead atoms. The van der Waals surface area contributed by atoms with Gasteiger partial charge in [-0.1, -0.05) is 11.6 Å². The summed E-state index contributed by atoms with van der Waals surface area (Å²) >= 11 is 0. The van der Waals surface area contributed by atoms with Crippen molar-refractivity contribution in [1.29, 1.82) is 0 Å². The van der Waals surface area contributed by atoms with Gasteiger partial charge < -0.3 is 24.1 Å². The topological polar surface area (TPSA) is 126 Å². The minimum atomic E-state index is -0.563. The summed E-state index contributed by atoms with van der Waals surface area (Å²) in [5.74, 6) is -0.888. The van der Waals surface area contributed by atoms with Crippen LogP contribution in [0.15, 0.2) is 17.4 Å². The van der Waals surface area contributed by atoms with Crippen LogP contribution in [-0.2, 0) is 23.9 Å². The Morgan fingerprint density at radius 1 is 1.27 bits per heavy atom. The standard InChI is InChI=1S/C22H31N5O6/c1-2-31-18(28)14-32-25-19(17-6-11-23-24-17)20(29)26-12-7-16(8-13-26)27-15-22(33-21(27)30)9-4-3-5-10-22/h6,11,16H,2-5,7-10,12-15H2,1H3,(H,23,24)/b25-19+. The van der Waals surface area contributed by atoms with Gasteiger partial charge in [-0.05, 0) is 51.5 Å². The van der Waals surface area contributed by atoms with Gasteiger partial charge in [-0.15, -0.1) is 0 Å². The number of likely N-dealkylation sites (tertiary alicyclic amines) is 1. The van der Waals surface area contributed by atoms with Crippen molar-refractivity contribution < 1.29 is 28.7 Å². The second-order valence-corrected chi connectivity index (χ2v) is 8.75. The first-order chi connectivity index (χ1) is 16.0. The third-order valence-electron chi connectivity index (χ3n) is 6.56. The molecule has 1 aromatic rings. The highest BCUT2D eigenvalue weighted by Gasteiger charge is 2.48. The Labute approximate surface area is 192 Å². The highest BCUT2D eigenvalue weighted by Crippen LogP contribution is 2.38. The molecule has 1 saturated carbocycles. The monoisotopic (exact) mass is 461 g/mol. The zero-order valence-electron chi connectivity index (χ0n) is 19.0. The number of aromatic amines is 1. The fraction of sp³-hybridized carbons (Fsp3) is 0.682. The number of piperidine rings is 1. The van der Waals surface area contributed by atoms with Gasteiger partial charge in [0.25, 0.3) is 5.91 Å². The summed E-state index contributed by atoms with van der Waals surface area (Å²) in [5, 5.41) is 10.5. The van der Waals surface area contributed by atoms with E-state index in [1.165, 1.54) is 12.6 Å². The van der Waals surface area contributed by atoms with Crippen LogP contribution in [0.3, 0.4) is 0 Å². The van der Waals surface area contributed by atoms with E-state index in [9.17, 15) is 14.4 Å². The molecular weight excluding hydrogens is 430 g/mol. The van der Waals surface area contributed by atoms with Crippen molar-refractivity contribution in [3.05, 3.63) is 18.0 Å². The van der Waals surface area contributed by atoms with Crippen LogP contribution in [-0.4, -0.2) is 88.2 Å². The largest absolute Gasteiger partial charge is 0.463 e. The van der Waals surface area contributed by atoms with Crippen LogP contribution in [0.25, 0.3) is 0 Å². The predicted molar refractivity (Wildman–Crippen MR) is 116 cm³/mol. The summed E-state index contributed by atoms with van der Waals surface area (Å²) in [6, 6.07) is 1.66. The van der Waals surface area contributed by atoms with Crippen molar-refractivity contribution in [3.63, 3.8) is 0 Å². The number of esters is 1. The van der Waals surface area contributed by atoms with Gasteiger partial charge in [0, 0.05) is 25.3 Å². The Kier molecular flexibility index (Phi) is 7.14. The Morgan fingerprint density at radius 3 is 2.70 bits per heavy atom. The van der Waals surface area contributed by atoms with Gasteiger partial charge in [-0.25, -0.2) is 9.59 Å². The molecule has 0 atom stereocenters. The molecule has 0 radical (unpaired) electrons. The summed E-state index contributed by atoms with van der Waals surface area (Å²) in [6.07, 6.45) is 7.87. The number of oxime groups is 1. The van der Waals surface area contributed by atoms with E-state index in [-0.39, 0.29) is 42.6 Å². The summed E-state index contributed by atoms with van der Waals surface area (Å²) in [5.41, 5.74) is 0.115. The number of amides is 2. The Hall–Kier alpha value is -3.11. The lowest BCUT2D eigenvalue weighted by atomic mass is 9.84. The first-order valence-corrected chi connectivity index (χ1v) is 11.7. The van der Waals surface area contributed by atoms with Gasteiger partial charge in [0.15, 0.2) is 5.71 Å².